The average Bonchev–Trinajstić information content (AvgIpc) is 1.88. The van der Waals surface area contributed by atoms with Gasteiger partial charge in [-0.3, -0.25) is 0 Å². The molecule has 1 radical (unpaired) electrons. The van der Waals surface area contributed by atoms with Crippen LogP contribution in [0.4, 0.5) is 0 Å². The first-order chi connectivity index (χ1) is 4.79. The van der Waals surface area contributed by atoms with Crippen molar-refractivity contribution in [3.05, 3.63) is 0 Å². The summed E-state index contributed by atoms with van der Waals surface area (Å²) in [6.45, 7) is 2.22. The van der Waals surface area contributed by atoms with Gasteiger partial charge in [0, 0.05) is 6.61 Å². The Labute approximate surface area is 60.9 Å². The van der Waals surface area contributed by atoms with Crippen LogP contribution in [-0.4, -0.2) is 19.2 Å². The first kappa shape index (κ1) is 7.98. The smallest absolute Gasteiger partial charge is 0.191 e. The van der Waals surface area contributed by atoms with E-state index in [1.54, 1.807) is 0 Å². The molecule has 0 aromatic rings. The molecular formula is C7H13O3. The Morgan fingerprint density at radius 2 is 2.40 bits per heavy atom. The Balaban J connectivity index is 2.13. The second-order valence-electron chi connectivity index (χ2n) is 2.50. The quantitative estimate of drug-likeness (QED) is 0.549. The third kappa shape index (κ3) is 2.64. The normalized spacial score (nSPS) is 30.0. The summed E-state index contributed by atoms with van der Waals surface area (Å²) in [5.74, 6) is 0. The maximum absolute atomic E-state index is 10.5. The van der Waals surface area contributed by atoms with Crippen LogP contribution in [0.1, 0.15) is 26.2 Å². The Hall–Kier alpha value is -0.120. The van der Waals surface area contributed by atoms with Crippen molar-refractivity contribution in [2.45, 2.75) is 38.8 Å². The lowest BCUT2D eigenvalue weighted by molar-refractivity contribution is -0.250. The van der Waals surface area contributed by atoms with Crippen molar-refractivity contribution >= 4 is 0 Å². The standard InChI is InChI=1S/C7H13O3/c1-6(8)10-7-4-2-3-5-9-7/h6-7H,2-5H2,1H3. The van der Waals surface area contributed by atoms with E-state index in [9.17, 15) is 5.11 Å². The third-order valence-corrected chi connectivity index (χ3v) is 1.48. The van der Waals surface area contributed by atoms with Gasteiger partial charge in [0.1, 0.15) is 0 Å². The van der Waals surface area contributed by atoms with Crippen molar-refractivity contribution in [3.8, 4) is 0 Å². The van der Waals surface area contributed by atoms with E-state index >= 15 is 0 Å². The van der Waals surface area contributed by atoms with Crippen molar-refractivity contribution in [1.82, 2.24) is 0 Å². The molecule has 1 fully saturated rings. The highest BCUT2D eigenvalue weighted by Crippen LogP contribution is 2.14. The lowest BCUT2D eigenvalue weighted by Gasteiger charge is -2.22. The van der Waals surface area contributed by atoms with Gasteiger partial charge >= 0.3 is 0 Å². The number of hydrogen-bond acceptors (Lipinski definition) is 2. The fourth-order valence-corrected chi connectivity index (χ4v) is 1.03. The molecule has 1 aliphatic heterocycles. The summed E-state index contributed by atoms with van der Waals surface area (Å²) in [5.41, 5.74) is 0. The minimum Gasteiger partial charge on any atom is -0.353 e. The van der Waals surface area contributed by atoms with Crippen LogP contribution in [0.15, 0.2) is 0 Å². The van der Waals surface area contributed by atoms with Crippen LogP contribution in [0.3, 0.4) is 0 Å². The molecule has 59 valence electrons. The fourth-order valence-electron chi connectivity index (χ4n) is 1.03. The largest absolute Gasteiger partial charge is 0.353 e. The molecule has 0 aromatic heterocycles. The molecule has 0 spiro atoms. The molecule has 1 aliphatic rings. The molecule has 0 saturated carbocycles. The predicted molar refractivity (Wildman–Crippen MR) is 34.8 cm³/mol. The van der Waals surface area contributed by atoms with Crippen molar-refractivity contribution in [3.63, 3.8) is 0 Å². The molecule has 0 bridgehead atoms. The highest BCUT2D eigenvalue weighted by molar-refractivity contribution is 4.53. The average molecular weight is 145 g/mol. The summed E-state index contributed by atoms with van der Waals surface area (Å²) in [5, 5.41) is 10.5. The topological polar surface area (TPSA) is 38.4 Å². The monoisotopic (exact) mass is 145 g/mol. The van der Waals surface area contributed by atoms with Crippen molar-refractivity contribution < 1.29 is 14.6 Å². The maximum atomic E-state index is 10.5. The van der Waals surface area contributed by atoms with Gasteiger partial charge in [-0.1, -0.05) is 0 Å². The van der Waals surface area contributed by atoms with Crippen LogP contribution in [0.5, 0.6) is 0 Å². The van der Waals surface area contributed by atoms with Crippen LogP contribution < -0.4 is 0 Å². The summed E-state index contributed by atoms with van der Waals surface area (Å²) in [6, 6.07) is 0. The van der Waals surface area contributed by atoms with Crippen LogP contribution in [0.25, 0.3) is 0 Å². The molecule has 0 N–H and O–H groups in total. The van der Waals surface area contributed by atoms with Gasteiger partial charge in [0.2, 0.25) is 0 Å². The predicted octanol–water partition coefficient (Wildman–Crippen LogP) is 1.31. The maximum Gasteiger partial charge on any atom is 0.191 e. The Bertz CT molecular complexity index is 86.9. The molecule has 2 atom stereocenters. The van der Waals surface area contributed by atoms with Gasteiger partial charge < -0.3 is 9.47 Å². The first-order valence-electron chi connectivity index (χ1n) is 3.72. The summed E-state index contributed by atoms with van der Waals surface area (Å²) in [7, 11) is 0. The van der Waals surface area contributed by atoms with E-state index < -0.39 is 6.29 Å². The summed E-state index contributed by atoms with van der Waals surface area (Å²) in [4.78, 5) is 0. The van der Waals surface area contributed by atoms with E-state index in [1.807, 2.05) is 0 Å². The Kier molecular flexibility index (Phi) is 3.12. The van der Waals surface area contributed by atoms with E-state index in [0.29, 0.717) is 0 Å². The SMILES string of the molecule is CC([O])OC1CCCCO1. The summed E-state index contributed by atoms with van der Waals surface area (Å²) < 4.78 is 10.1. The molecule has 1 rings (SSSR count). The number of hydrogen-bond donors (Lipinski definition) is 0. The molecule has 1 saturated heterocycles. The van der Waals surface area contributed by atoms with Crippen LogP contribution in [0.2, 0.25) is 0 Å². The van der Waals surface area contributed by atoms with Gasteiger partial charge in [0.15, 0.2) is 12.6 Å². The van der Waals surface area contributed by atoms with Crippen LogP contribution in [-0.2, 0) is 14.6 Å². The molecule has 3 nitrogen and oxygen atoms in total. The van der Waals surface area contributed by atoms with E-state index in [-0.39, 0.29) is 6.29 Å². The molecule has 3 heteroatoms. The molecule has 0 aromatic carbocycles. The molecule has 0 aliphatic carbocycles. The first-order valence-corrected chi connectivity index (χ1v) is 3.72. The zero-order valence-electron chi connectivity index (χ0n) is 6.21. The lowest BCUT2D eigenvalue weighted by Crippen LogP contribution is -2.25. The Morgan fingerprint density at radius 1 is 1.60 bits per heavy atom. The second kappa shape index (κ2) is 3.91. The van der Waals surface area contributed by atoms with Gasteiger partial charge in [0.05, 0.1) is 0 Å². The van der Waals surface area contributed by atoms with Gasteiger partial charge in [-0.15, -0.1) is 0 Å². The lowest BCUT2D eigenvalue weighted by atomic mass is 10.2. The molecule has 0 amide bonds. The van der Waals surface area contributed by atoms with E-state index in [4.69, 9.17) is 9.47 Å². The van der Waals surface area contributed by atoms with E-state index in [2.05, 4.69) is 0 Å². The highest BCUT2D eigenvalue weighted by atomic mass is 16.7. The van der Waals surface area contributed by atoms with E-state index in [1.165, 1.54) is 6.92 Å². The summed E-state index contributed by atoms with van der Waals surface area (Å²) in [6.07, 6.45) is 1.88. The van der Waals surface area contributed by atoms with Crippen molar-refractivity contribution in [2.24, 2.45) is 0 Å². The van der Waals surface area contributed by atoms with Gasteiger partial charge in [-0.05, 0) is 26.2 Å². The summed E-state index contributed by atoms with van der Waals surface area (Å²) >= 11 is 0. The zero-order chi connectivity index (χ0) is 7.40. The molecule has 1 heterocycles. The van der Waals surface area contributed by atoms with Crippen molar-refractivity contribution in [1.29, 1.82) is 0 Å². The van der Waals surface area contributed by atoms with Crippen LogP contribution in [0, 0.1) is 0 Å². The minimum absolute atomic E-state index is 0.235. The molecular weight excluding hydrogens is 132 g/mol. The minimum atomic E-state index is -0.955. The van der Waals surface area contributed by atoms with Gasteiger partial charge in [-0.25, -0.2) is 5.11 Å². The number of ether oxygens (including phenoxy) is 2. The second-order valence-corrected chi connectivity index (χ2v) is 2.50. The third-order valence-electron chi connectivity index (χ3n) is 1.48. The van der Waals surface area contributed by atoms with Crippen molar-refractivity contribution in [2.75, 3.05) is 6.61 Å². The Morgan fingerprint density at radius 3 is 2.90 bits per heavy atom. The fraction of sp³-hybridized carbons (Fsp3) is 1.00. The van der Waals surface area contributed by atoms with E-state index in [0.717, 1.165) is 25.9 Å². The number of rotatable bonds is 2. The highest BCUT2D eigenvalue weighted by Gasteiger charge is 2.15. The molecule has 10 heavy (non-hydrogen) atoms. The zero-order valence-corrected chi connectivity index (χ0v) is 6.21. The van der Waals surface area contributed by atoms with Gasteiger partial charge in [0.25, 0.3) is 0 Å². The van der Waals surface area contributed by atoms with Crippen LogP contribution >= 0.6 is 0 Å². The molecule has 2 unspecified atom stereocenters. The van der Waals surface area contributed by atoms with Gasteiger partial charge in [-0.2, -0.15) is 0 Å².